The van der Waals surface area contributed by atoms with E-state index in [0.29, 0.717) is 39.4 Å². The summed E-state index contributed by atoms with van der Waals surface area (Å²) in [6.45, 7) is 0. The molecule has 1 N–H and O–H groups in total. The number of aromatic hydroxyl groups is 1. The summed E-state index contributed by atoms with van der Waals surface area (Å²) in [5, 5.41) is 10.7. The van der Waals surface area contributed by atoms with E-state index >= 15 is 0 Å². The number of phenolic OH excluding ortho intramolecular Hbond substituents is 1. The van der Waals surface area contributed by atoms with Crippen LogP contribution in [-0.2, 0) is 19.2 Å². The number of oxazole rings is 1. The third kappa shape index (κ3) is 4.72. The topological polar surface area (TPSA) is 130 Å². The number of para-hydroxylation sites is 2. The Labute approximate surface area is 325 Å². The van der Waals surface area contributed by atoms with Crippen LogP contribution < -0.4 is 14.5 Å². The standard InChI is InChI=1S/C40H27BrCl2FN3O7/c1-53-30-17-20(16-27(41)33(30)48)32-24-14-15-25-31(26(24)18-39(42)37(51)47(38(52)40(32,39)43)23-12-8-21(44)9-13-23)36(50)46(35(25)49)22-10-6-19(7-11-22)34-45-28-4-2-3-5-29(28)54-34/h2-14,16-17,25-26,31-32,48H,15,18H2,1H3/t25-,26+,31-,32-,39+,40-/m0/s1. The van der Waals surface area contributed by atoms with Crippen LogP contribution in [0.1, 0.15) is 24.3 Å². The number of allylic oxidation sites excluding steroid dienone is 2. The number of imide groups is 2. The minimum absolute atomic E-state index is 0.0583. The average Bonchev–Trinajstić information content (AvgIpc) is 3.76. The van der Waals surface area contributed by atoms with Gasteiger partial charge in [0.05, 0.1) is 34.8 Å². The van der Waals surface area contributed by atoms with Gasteiger partial charge >= 0.3 is 0 Å². The van der Waals surface area contributed by atoms with Crippen molar-refractivity contribution < 1.29 is 37.8 Å². The first-order valence-electron chi connectivity index (χ1n) is 17.0. The van der Waals surface area contributed by atoms with Crippen LogP contribution in [-0.4, -0.2) is 50.6 Å². The third-order valence-electron chi connectivity index (χ3n) is 11.2. The first kappa shape index (κ1) is 34.7. The van der Waals surface area contributed by atoms with E-state index in [1.807, 2.05) is 30.3 Å². The molecule has 10 nitrogen and oxygen atoms in total. The number of aromatic nitrogens is 1. The Bertz CT molecular complexity index is 2460. The van der Waals surface area contributed by atoms with Crippen molar-refractivity contribution >= 4 is 85.2 Å². The Morgan fingerprint density at radius 3 is 2.30 bits per heavy atom. The summed E-state index contributed by atoms with van der Waals surface area (Å²) in [6.07, 6.45) is 1.72. The molecular weight excluding hydrogens is 804 g/mol. The lowest BCUT2D eigenvalue weighted by Crippen LogP contribution is -2.60. The Morgan fingerprint density at radius 2 is 1.59 bits per heavy atom. The Hall–Kier alpha value is -5.04. The van der Waals surface area contributed by atoms with E-state index in [1.54, 1.807) is 30.3 Å². The fourth-order valence-corrected chi connectivity index (χ4v) is 10.1. The van der Waals surface area contributed by atoms with Gasteiger partial charge in [0, 0.05) is 11.5 Å². The zero-order valence-corrected chi connectivity index (χ0v) is 31.2. The van der Waals surface area contributed by atoms with E-state index in [0.717, 1.165) is 21.9 Å². The summed E-state index contributed by atoms with van der Waals surface area (Å²) in [5.41, 5.74) is 3.31. The number of methoxy groups -OCH3 is 1. The van der Waals surface area contributed by atoms with Gasteiger partial charge in [0.2, 0.25) is 17.7 Å². The normalized spacial score (nSPS) is 27.6. The van der Waals surface area contributed by atoms with Gasteiger partial charge in [-0.15, -0.1) is 23.2 Å². The van der Waals surface area contributed by atoms with Crippen molar-refractivity contribution in [1.29, 1.82) is 0 Å². The van der Waals surface area contributed by atoms with Crippen molar-refractivity contribution in [2.24, 2.45) is 17.8 Å². The summed E-state index contributed by atoms with van der Waals surface area (Å²) in [6, 6.07) is 22.0. The molecule has 0 spiro atoms. The largest absolute Gasteiger partial charge is 0.503 e. The Balaban J connectivity index is 1.13. The molecule has 1 saturated carbocycles. The maximum atomic E-state index is 14.6. The van der Waals surface area contributed by atoms with Crippen LogP contribution in [0.2, 0.25) is 0 Å². The number of hydrogen-bond donors (Lipinski definition) is 1. The molecule has 4 amide bonds. The summed E-state index contributed by atoms with van der Waals surface area (Å²) in [5.74, 6) is -6.56. The van der Waals surface area contributed by atoms with Crippen LogP contribution >= 0.6 is 39.1 Å². The maximum absolute atomic E-state index is 14.6. The smallest absolute Gasteiger partial charge is 0.258 e. The average molecular weight is 831 g/mol. The zero-order valence-electron chi connectivity index (χ0n) is 28.1. The van der Waals surface area contributed by atoms with E-state index in [2.05, 4.69) is 20.9 Å². The first-order chi connectivity index (χ1) is 25.9. The second kappa shape index (κ2) is 12.2. The van der Waals surface area contributed by atoms with E-state index in [9.17, 15) is 28.7 Å². The van der Waals surface area contributed by atoms with Gasteiger partial charge in [-0.1, -0.05) is 23.8 Å². The number of rotatable bonds is 5. The monoisotopic (exact) mass is 829 g/mol. The molecule has 4 aromatic carbocycles. The Kier molecular flexibility index (Phi) is 7.87. The van der Waals surface area contributed by atoms with E-state index in [-0.39, 0.29) is 34.5 Å². The molecule has 6 atom stereocenters. The number of alkyl halides is 2. The van der Waals surface area contributed by atoms with E-state index in [1.165, 1.54) is 25.3 Å². The molecule has 2 aliphatic heterocycles. The third-order valence-corrected chi connectivity index (χ3v) is 13.2. The molecule has 2 aliphatic carbocycles. The maximum Gasteiger partial charge on any atom is 0.258 e. The van der Waals surface area contributed by atoms with Crippen molar-refractivity contribution in [2.75, 3.05) is 16.9 Å². The number of amides is 4. The molecule has 3 fully saturated rings. The van der Waals surface area contributed by atoms with Gasteiger partial charge < -0.3 is 14.3 Å². The fraction of sp³-hybridized carbons (Fsp3) is 0.225. The summed E-state index contributed by atoms with van der Waals surface area (Å²) >= 11 is 18.3. The highest BCUT2D eigenvalue weighted by Crippen LogP contribution is 2.66. The lowest BCUT2D eigenvalue weighted by molar-refractivity contribution is -0.125. The number of anilines is 2. The van der Waals surface area contributed by atoms with Crippen LogP contribution in [0.4, 0.5) is 15.8 Å². The molecule has 14 heteroatoms. The molecule has 272 valence electrons. The van der Waals surface area contributed by atoms with Gasteiger partial charge in [0.1, 0.15) is 11.3 Å². The van der Waals surface area contributed by atoms with Crippen molar-refractivity contribution in [3.63, 3.8) is 0 Å². The van der Waals surface area contributed by atoms with Crippen LogP contribution in [0.5, 0.6) is 11.5 Å². The second-order valence-corrected chi connectivity index (χ2v) is 15.9. The van der Waals surface area contributed by atoms with Crippen LogP contribution in [0.15, 0.2) is 105 Å². The number of ether oxygens (including phenoxy) is 1. The molecule has 5 aromatic rings. The lowest BCUT2D eigenvalue weighted by atomic mass is 9.56. The quantitative estimate of drug-likeness (QED) is 0.108. The number of phenols is 1. The van der Waals surface area contributed by atoms with Crippen molar-refractivity contribution in [2.45, 2.75) is 28.5 Å². The molecule has 0 unspecified atom stereocenters. The van der Waals surface area contributed by atoms with Gasteiger partial charge in [0.25, 0.3) is 11.8 Å². The molecule has 9 rings (SSSR count). The molecule has 3 heterocycles. The van der Waals surface area contributed by atoms with Crippen LogP contribution in [0.3, 0.4) is 0 Å². The number of halogens is 4. The molecule has 4 aliphatic rings. The zero-order chi connectivity index (χ0) is 37.8. The number of carbonyl (C=O) groups is 4. The summed E-state index contributed by atoms with van der Waals surface area (Å²) in [4.78, 5) is 60.1. The van der Waals surface area contributed by atoms with Gasteiger partial charge in [-0.3, -0.25) is 24.1 Å². The molecule has 2 saturated heterocycles. The van der Waals surface area contributed by atoms with Crippen LogP contribution in [0.25, 0.3) is 22.6 Å². The predicted molar refractivity (Wildman–Crippen MR) is 201 cm³/mol. The SMILES string of the molecule is COc1cc([C@H]2C3=CC[C@@H]4C(=O)N(c5ccc(-c6nc7ccccc7o6)cc5)C(=O)[C@@H]4[C@@H]3C[C@@]3(Cl)C(=O)N(c4ccc(F)cc4)C(=O)[C@@]23Cl)cc(Br)c1O. The van der Waals surface area contributed by atoms with Gasteiger partial charge in [-0.2, -0.15) is 0 Å². The van der Waals surface area contributed by atoms with Crippen molar-refractivity contribution in [3.8, 4) is 23.0 Å². The fourth-order valence-electron chi connectivity index (χ4n) is 8.69. The highest BCUT2D eigenvalue weighted by molar-refractivity contribution is 9.10. The Morgan fingerprint density at radius 1 is 0.907 bits per heavy atom. The highest BCUT2D eigenvalue weighted by atomic mass is 79.9. The first-order valence-corrected chi connectivity index (χ1v) is 18.5. The van der Waals surface area contributed by atoms with Gasteiger partial charge in [-0.05, 0) is 113 Å². The van der Waals surface area contributed by atoms with E-state index < -0.39 is 62.9 Å². The number of benzene rings is 4. The van der Waals surface area contributed by atoms with Crippen molar-refractivity contribution in [3.05, 3.63) is 112 Å². The van der Waals surface area contributed by atoms with E-state index in [4.69, 9.17) is 32.4 Å². The molecule has 54 heavy (non-hydrogen) atoms. The van der Waals surface area contributed by atoms with Gasteiger partial charge in [0.15, 0.2) is 26.8 Å². The lowest BCUT2D eigenvalue weighted by Gasteiger charge is -2.50. The highest BCUT2D eigenvalue weighted by Gasteiger charge is 2.76. The second-order valence-electron chi connectivity index (χ2n) is 13.8. The predicted octanol–water partition coefficient (Wildman–Crippen LogP) is 7.88. The number of hydrogen-bond acceptors (Lipinski definition) is 8. The molecule has 0 bridgehead atoms. The number of nitrogens with zero attached hydrogens (tertiary/aromatic N) is 3. The van der Waals surface area contributed by atoms with Crippen molar-refractivity contribution in [1.82, 2.24) is 4.98 Å². The van der Waals surface area contributed by atoms with Gasteiger partial charge in [-0.25, -0.2) is 14.3 Å². The minimum atomic E-state index is -2.15. The summed E-state index contributed by atoms with van der Waals surface area (Å²) < 4.78 is 25.5. The number of carbonyl (C=O) groups excluding carboxylic acids is 4. The minimum Gasteiger partial charge on any atom is -0.503 e. The summed E-state index contributed by atoms with van der Waals surface area (Å²) in [7, 11) is 1.36. The van der Waals surface area contributed by atoms with Crippen LogP contribution in [0, 0.1) is 23.6 Å². The number of fused-ring (bicyclic) bond motifs is 5. The molecule has 1 aromatic heterocycles. The molecular formula is C40H27BrCl2FN3O7. The molecule has 0 radical (unpaired) electrons.